The monoisotopic (exact) mass is 370 g/mol. The van der Waals surface area contributed by atoms with Crippen LogP contribution in [0.15, 0.2) is 42.7 Å². The third kappa shape index (κ3) is 4.11. The number of ether oxygens (including phenoxy) is 1. The maximum absolute atomic E-state index is 12.7. The number of fused-ring (bicyclic) bond motifs is 1. The number of hydrogen-bond donors (Lipinski definition) is 3. The van der Waals surface area contributed by atoms with Gasteiger partial charge in [-0.2, -0.15) is 5.10 Å². The van der Waals surface area contributed by atoms with Gasteiger partial charge >= 0.3 is 5.97 Å². The first kappa shape index (κ1) is 18.5. The number of benzene rings is 1. The van der Waals surface area contributed by atoms with Gasteiger partial charge in [0, 0.05) is 29.4 Å². The lowest BCUT2D eigenvalue weighted by Crippen LogP contribution is -2.55. The first-order chi connectivity index (χ1) is 12.8. The number of hydrogen-bond acceptors (Lipinski definition) is 4. The van der Waals surface area contributed by atoms with Crippen LogP contribution in [0.5, 0.6) is 5.75 Å². The minimum atomic E-state index is -1.51. The van der Waals surface area contributed by atoms with Crippen LogP contribution < -0.4 is 10.1 Å². The van der Waals surface area contributed by atoms with Crippen LogP contribution >= 0.6 is 0 Å². The Labute approximate surface area is 156 Å². The molecule has 8 nitrogen and oxygen atoms in total. The van der Waals surface area contributed by atoms with Crippen LogP contribution in [0, 0.1) is 0 Å². The Balaban J connectivity index is 1.82. The molecule has 0 saturated heterocycles. The second-order valence-electron chi connectivity index (χ2n) is 6.89. The number of aromatic amines is 1. The summed E-state index contributed by atoms with van der Waals surface area (Å²) >= 11 is 0. The molecule has 0 fully saturated rings. The molecule has 1 atom stereocenters. The average molecular weight is 370 g/mol. The summed E-state index contributed by atoms with van der Waals surface area (Å²) in [5.41, 5.74) is -0.492. The van der Waals surface area contributed by atoms with Crippen LogP contribution in [-0.2, 0) is 11.3 Å². The zero-order valence-electron chi connectivity index (χ0n) is 15.4. The van der Waals surface area contributed by atoms with Crippen molar-refractivity contribution in [1.82, 2.24) is 20.1 Å². The van der Waals surface area contributed by atoms with E-state index in [0.29, 0.717) is 5.75 Å². The van der Waals surface area contributed by atoms with E-state index in [4.69, 9.17) is 4.74 Å². The molecule has 142 valence electrons. The molecule has 3 aromatic rings. The van der Waals surface area contributed by atoms with Gasteiger partial charge < -0.3 is 20.1 Å². The van der Waals surface area contributed by atoms with E-state index in [1.165, 1.54) is 11.6 Å². The summed E-state index contributed by atoms with van der Waals surface area (Å²) in [6.45, 7) is 5.33. The molecule has 3 rings (SSSR count). The molecule has 2 aromatic heterocycles. The van der Waals surface area contributed by atoms with Crippen LogP contribution in [0.2, 0.25) is 0 Å². The molecule has 1 amide bonds. The molecule has 0 spiro atoms. The highest BCUT2D eigenvalue weighted by Crippen LogP contribution is 2.23. The van der Waals surface area contributed by atoms with E-state index in [9.17, 15) is 14.7 Å². The maximum Gasteiger partial charge on any atom is 0.331 e. The van der Waals surface area contributed by atoms with Crippen LogP contribution in [0.4, 0.5) is 0 Å². The lowest BCUT2D eigenvalue weighted by atomic mass is 10.0. The third-order valence-corrected chi connectivity index (χ3v) is 4.11. The normalized spacial score (nSPS) is 13.5. The Morgan fingerprint density at radius 3 is 2.78 bits per heavy atom. The minimum Gasteiger partial charge on any atom is -0.491 e. The van der Waals surface area contributed by atoms with E-state index < -0.39 is 17.4 Å². The van der Waals surface area contributed by atoms with Crippen LogP contribution in [0.1, 0.15) is 31.3 Å². The molecule has 8 heteroatoms. The van der Waals surface area contributed by atoms with E-state index in [1.54, 1.807) is 24.5 Å². The molecule has 27 heavy (non-hydrogen) atoms. The molecular weight excluding hydrogens is 348 g/mol. The Hall–Kier alpha value is -3.29. The van der Waals surface area contributed by atoms with E-state index in [2.05, 4.69) is 15.4 Å². The second kappa shape index (κ2) is 7.14. The molecule has 0 radical (unpaired) electrons. The fraction of sp³-hybridized carbons (Fsp3) is 0.316. The molecular formula is C19H22N4O4. The number of amides is 1. The van der Waals surface area contributed by atoms with Crippen LogP contribution in [0.25, 0.3) is 10.9 Å². The zero-order valence-corrected chi connectivity index (χ0v) is 15.4. The molecule has 3 N–H and O–H groups in total. The van der Waals surface area contributed by atoms with E-state index in [1.807, 2.05) is 32.0 Å². The van der Waals surface area contributed by atoms with Crippen molar-refractivity contribution in [3.63, 3.8) is 0 Å². The standard InChI is InChI=1S/C19H22N4O4/c1-12(2)27-14-6-5-13-9-16(21-15(13)10-14)17(24)22-19(3,18(25)26)11-23-8-4-7-20-23/h4-10,12,21H,11H2,1-3H3,(H,22,24)(H,25,26). The third-order valence-electron chi connectivity index (χ3n) is 4.11. The van der Waals surface area contributed by atoms with Gasteiger partial charge in [0.05, 0.1) is 12.6 Å². The van der Waals surface area contributed by atoms with Gasteiger partial charge in [-0.05, 0) is 45.0 Å². The van der Waals surface area contributed by atoms with Gasteiger partial charge in [0.2, 0.25) is 0 Å². The van der Waals surface area contributed by atoms with Crippen molar-refractivity contribution in [3.05, 3.63) is 48.4 Å². The number of carboxylic acids is 1. The Morgan fingerprint density at radius 1 is 1.37 bits per heavy atom. The number of carbonyl (C=O) groups excluding carboxylic acids is 1. The maximum atomic E-state index is 12.7. The van der Waals surface area contributed by atoms with E-state index in [0.717, 1.165) is 10.9 Å². The largest absolute Gasteiger partial charge is 0.491 e. The number of H-pyrrole nitrogens is 1. The van der Waals surface area contributed by atoms with Crippen molar-refractivity contribution in [3.8, 4) is 5.75 Å². The van der Waals surface area contributed by atoms with Crippen molar-refractivity contribution in [2.75, 3.05) is 0 Å². The van der Waals surface area contributed by atoms with E-state index >= 15 is 0 Å². The summed E-state index contributed by atoms with van der Waals surface area (Å²) in [6, 6.07) is 8.86. The van der Waals surface area contributed by atoms with Gasteiger partial charge in [-0.3, -0.25) is 9.48 Å². The summed E-state index contributed by atoms with van der Waals surface area (Å²) in [6.07, 6.45) is 3.24. The topological polar surface area (TPSA) is 109 Å². The van der Waals surface area contributed by atoms with Crippen molar-refractivity contribution >= 4 is 22.8 Å². The molecule has 2 heterocycles. The number of carboxylic acid groups (broad SMARTS) is 1. The number of nitrogens with zero attached hydrogens (tertiary/aromatic N) is 2. The fourth-order valence-corrected chi connectivity index (χ4v) is 2.77. The first-order valence-corrected chi connectivity index (χ1v) is 8.59. The van der Waals surface area contributed by atoms with Crippen LogP contribution in [-0.4, -0.2) is 43.4 Å². The number of rotatable bonds is 7. The highest BCUT2D eigenvalue weighted by molar-refractivity contribution is 6.00. The fourth-order valence-electron chi connectivity index (χ4n) is 2.77. The smallest absolute Gasteiger partial charge is 0.331 e. The van der Waals surface area contributed by atoms with Gasteiger partial charge in [-0.1, -0.05) is 0 Å². The summed E-state index contributed by atoms with van der Waals surface area (Å²) in [5.74, 6) is -0.954. The van der Waals surface area contributed by atoms with Gasteiger partial charge in [-0.25, -0.2) is 4.79 Å². The molecule has 0 aliphatic carbocycles. The Morgan fingerprint density at radius 2 is 2.15 bits per heavy atom. The molecule has 0 aliphatic rings. The van der Waals surface area contributed by atoms with Gasteiger partial charge in [0.25, 0.3) is 5.91 Å². The van der Waals surface area contributed by atoms with E-state index in [-0.39, 0.29) is 18.3 Å². The number of nitrogens with one attached hydrogen (secondary N) is 2. The highest BCUT2D eigenvalue weighted by Gasteiger charge is 2.36. The molecule has 0 saturated carbocycles. The predicted octanol–water partition coefficient (Wildman–Crippen LogP) is 2.42. The predicted molar refractivity (Wildman–Crippen MR) is 99.8 cm³/mol. The Kier molecular flexibility index (Phi) is 4.89. The summed E-state index contributed by atoms with van der Waals surface area (Å²) in [7, 11) is 0. The molecule has 1 aromatic carbocycles. The van der Waals surface area contributed by atoms with Crippen molar-refractivity contribution in [2.45, 2.75) is 39.0 Å². The zero-order chi connectivity index (χ0) is 19.6. The van der Waals surface area contributed by atoms with Crippen molar-refractivity contribution in [1.29, 1.82) is 0 Å². The Bertz CT molecular complexity index is 961. The quantitative estimate of drug-likeness (QED) is 0.592. The molecule has 0 aliphatic heterocycles. The molecule has 0 bridgehead atoms. The van der Waals surface area contributed by atoms with Gasteiger partial charge in [-0.15, -0.1) is 0 Å². The lowest BCUT2D eigenvalue weighted by Gasteiger charge is -2.25. The number of aromatic nitrogens is 3. The summed E-state index contributed by atoms with van der Waals surface area (Å²) in [4.78, 5) is 27.4. The molecule has 1 unspecified atom stereocenters. The number of carbonyl (C=O) groups is 2. The lowest BCUT2D eigenvalue weighted by molar-refractivity contribution is -0.144. The van der Waals surface area contributed by atoms with Crippen LogP contribution in [0.3, 0.4) is 0 Å². The minimum absolute atomic E-state index is 0.00762. The summed E-state index contributed by atoms with van der Waals surface area (Å²) in [5, 5.41) is 17.0. The average Bonchev–Trinajstić information content (AvgIpc) is 3.22. The first-order valence-electron chi connectivity index (χ1n) is 8.59. The highest BCUT2D eigenvalue weighted by atomic mass is 16.5. The number of aliphatic carboxylic acids is 1. The van der Waals surface area contributed by atoms with Crippen molar-refractivity contribution < 1.29 is 19.4 Å². The van der Waals surface area contributed by atoms with Gasteiger partial charge in [0.15, 0.2) is 5.54 Å². The SMILES string of the molecule is CC(C)Oc1ccc2cc(C(=O)NC(C)(Cn3cccn3)C(=O)O)[nH]c2c1. The summed E-state index contributed by atoms with van der Waals surface area (Å²) < 4.78 is 7.12. The van der Waals surface area contributed by atoms with Gasteiger partial charge in [0.1, 0.15) is 11.4 Å². The van der Waals surface area contributed by atoms with Crippen molar-refractivity contribution in [2.24, 2.45) is 0 Å². The second-order valence-corrected chi connectivity index (χ2v) is 6.89.